The summed E-state index contributed by atoms with van der Waals surface area (Å²) in [6.07, 6.45) is 0. The fourth-order valence-electron chi connectivity index (χ4n) is 4.18. The monoisotopic (exact) mass is 525 g/mol. The van der Waals surface area contributed by atoms with Gasteiger partial charge in [0.1, 0.15) is 27.7 Å². The summed E-state index contributed by atoms with van der Waals surface area (Å²) in [5, 5.41) is 33.7. The van der Waals surface area contributed by atoms with Gasteiger partial charge >= 0.3 is 11.3 Å². The Labute approximate surface area is 210 Å². The van der Waals surface area contributed by atoms with Crippen LogP contribution in [0.25, 0.3) is 21.9 Å². The highest BCUT2D eigenvalue weighted by Crippen LogP contribution is 2.45. The lowest BCUT2D eigenvalue weighted by atomic mass is 9.84. The third-order valence-corrected chi connectivity index (χ3v) is 6.42. The van der Waals surface area contributed by atoms with Crippen molar-refractivity contribution in [3.05, 3.63) is 118 Å². The molecule has 0 amide bonds. The smallest absolute Gasteiger partial charge is 0.344 e. The van der Waals surface area contributed by atoms with Crippen molar-refractivity contribution in [1.29, 1.82) is 0 Å². The first-order valence-corrected chi connectivity index (χ1v) is 11.1. The van der Waals surface area contributed by atoms with Crippen LogP contribution in [0.1, 0.15) is 22.6 Å². The Bertz CT molecular complexity index is 1730. The largest absolute Gasteiger partial charge is 0.507 e. The van der Waals surface area contributed by atoms with E-state index in [1.165, 1.54) is 24.3 Å². The van der Waals surface area contributed by atoms with Crippen molar-refractivity contribution in [3.63, 3.8) is 0 Å². The van der Waals surface area contributed by atoms with E-state index in [-0.39, 0.29) is 37.5 Å². The van der Waals surface area contributed by atoms with Gasteiger partial charge in [0.25, 0.3) is 5.69 Å². The molecule has 2 aromatic heterocycles. The number of nitro groups is 1. The fourth-order valence-corrected chi connectivity index (χ4v) is 4.74. The zero-order valence-corrected chi connectivity index (χ0v) is 19.4. The van der Waals surface area contributed by atoms with E-state index in [4.69, 9.17) is 32.0 Å². The average Bonchev–Trinajstić information content (AvgIpc) is 2.83. The van der Waals surface area contributed by atoms with Gasteiger partial charge < -0.3 is 19.0 Å². The molecule has 5 rings (SSSR count). The van der Waals surface area contributed by atoms with E-state index in [2.05, 4.69) is 0 Å². The molecule has 2 N–H and O–H groups in total. The average molecular weight is 526 g/mol. The standard InChI is InChI=1S/C25H13Cl2NO8/c26-14-10-15(27)16(28(33)34)9-13(14)19(20-22(29)11-5-1-3-7-17(11)35-24(20)31)21-23(30)12-6-2-4-8-18(12)36-25(21)32/h1-10,19,29-30H. The molecule has 5 aromatic rings. The van der Waals surface area contributed by atoms with E-state index < -0.39 is 50.4 Å². The van der Waals surface area contributed by atoms with Crippen molar-refractivity contribution in [1.82, 2.24) is 0 Å². The molecule has 0 bridgehead atoms. The minimum absolute atomic E-state index is 0.0606. The molecular formula is C25H13Cl2NO8. The van der Waals surface area contributed by atoms with E-state index in [0.29, 0.717) is 0 Å². The Morgan fingerprint density at radius 1 is 0.778 bits per heavy atom. The molecule has 0 saturated heterocycles. The highest BCUT2D eigenvalue weighted by Gasteiger charge is 2.35. The third kappa shape index (κ3) is 3.65. The van der Waals surface area contributed by atoms with Gasteiger partial charge in [0.05, 0.1) is 32.7 Å². The number of fused-ring (bicyclic) bond motifs is 2. The predicted octanol–water partition coefficient (Wildman–Crippen LogP) is 5.71. The van der Waals surface area contributed by atoms with E-state index in [0.717, 1.165) is 12.1 Å². The van der Waals surface area contributed by atoms with Crippen LogP contribution in [0.3, 0.4) is 0 Å². The predicted molar refractivity (Wildman–Crippen MR) is 132 cm³/mol. The van der Waals surface area contributed by atoms with Gasteiger partial charge in [0, 0.05) is 11.1 Å². The zero-order chi connectivity index (χ0) is 25.7. The number of halogens is 2. The summed E-state index contributed by atoms with van der Waals surface area (Å²) in [7, 11) is 0. The lowest BCUT2D eigenvalue weighted by Gasteiger charge is -2.20. The van der Waals surface area contributed by atoms with Crippen molar-refractivity contribution < 1.29 is 24.0 Å². The molecule has 36 heavy (non-hydrogen) atoms. The third-order valence-electron chi connectivity index (χ3n) is 5.79. The van der Waals surface area contributed by atoms with Crippen LogP contribution in [-0.2, 0) is 0 Å². The topological polar surface area (TPSA) is 144 Å². The van der Waals surface area contributed by atoms with Gasteiger partial charge in [-0.15, -0.1) is 0 Å². The maximum atomic E-state index is 13.2. The van der Waals surface area contributed by atoms with Crippen molar-refractivity contribution in [2.45, 2.75) is 5.92 Å². The second-order valence-electron chi connectivity index (χ2n) is 7.81. The number of hydrogen-bond donors (Lipinski definition) is 2. The van der Waals surface area contributed by atoms with E-state index in [9.17, 15) is 29.9 Å². The molecule has 180 valence electrons. The molecule has 0 unspecified atom stereocenters. The second-order valence-corrected chi connectivity index (χ2v) is 8.63. The summed E-state index contributed by atoms with van der Waals surface area (Å²) in [5.74, 6) is -2.75. The summed E-state index contributed by atoms with van der Waals surface area (Å²) in [4.78, 5) is 37.2. The van der Waals surface area contributed by atoms with E-state index in [1.54, 1.807) is 24.3 Å². The van der Waals surface area contributed by atoms with E-state index in [1.807, 2.05) is 0 Å². The highest BCUT2D eigenvalue weighted by molar-refractivity contribution is 6.36. The van der Waals surface area contributed by atoms with E-state index >= 15 is 0 Å². The van der Waals surface area contributed by atoms with Crippen LogP contribution in [0.4, 0.5) is 5.69 Å². The molecule has 0 saturated carbocycles. The minimum Gasteiger partial charge on any atom is -0.507 e. The lowest BCUT2D eigenvalue weighted by molar-refractivity contribution is -0.384. The van der Waals surface area contributed by atoms with Crippen LogP contribution < -0.4 is 11.3 Å². The number of hydrogen-bond acceptors (Lipinski definition) is 8. The SMILES string of the molecule is O=c1oc2ccccc2c(O)c1C(c1cc([N+](=O)[O-])c(Cl)cc1Cl)c1c(O)c2ccccc2oc1=O. The Morgan fingerprint density at radius 3 is 1.72 bits per heavy atom. The molecule has 0 atom stereocenters. The number of benzene rings is 3. The quantitative estimate of drug-likeness (QED) is 0.172. The number of rotatable bonds is 4. The summed E-state index contributed by atoms with van der Waals surface area (Å²) >= 11 is 12.4. The van der Waals surface area contributed by atoms with Gasteiger partial charge in [0.2, 0.25) is 0 Å². The molecular weight excluding hydrogens is 513 g/mol. The molecule has 0 aliphatic heterocycles. The molecule has 2 heterocycles. The van der Waals surface area contributed by atoms with Gasteiger partial charge in [0.15, 0.2) is 0 Å². The maximum Gasteiger partial charge on any atom is 0.344 e. The first kappa shape index (κ1) is 23.4. The van der Waals surface area contributed by atoms with Crippen molar-refractivity contribution >= 4 is 50.8 Å². The van der Waals surface area contributed by atoms with Crippen LogP contribution in [0.15, 0.2) is 79.1 Å². The summed E-state index contributed by atoms with van der Waals surface area (Å²) in [5.41, 5.74) is -3.70. The Kier molecular flexibility index (Phi) is 5.66. The molecule has 3 aromatic carbocycles. The normalized spacial score (nSPS) is 11.4. The molecule has 0 spiro atoms. The number of nitro benzene ring substituents is 1. The summed E-state index contributed by atoms with van der Waals surface area (Å²) in [6, 6.07) is 14.3. The van der Waals surface area contributed by atoms with Gasteiger partial charge in [-0.3, -0.25) is 10.1 Å². The second kappa shape index (κ2) is 8.71. The summed E-state index contributed by atoms with van der Waals surface area (Å²) in [6.45, 7) is 0. The Balaban J connectivity index is 1.96. The molecule has 0 radical (unpaired) electrons. The molecule has 0 aliphatic carbocycles. The zero-order valence-electron chi connectivity index (χ0n) is 17.9. The van der Waals surface area contributed by atoms with Crippen LogP contribution in [-0.4, -0.2) is 15.1 Å². The Hall–Kier alpha value is -4.34. The minimum atomic E-state index is -1.63. The first-order valence-electron chi connectivity index (χ1n) is 10.3. The maximum absolute atomic E-state index is 13.2. The number of nitrogens with zero attached hydrogens (tertiary/aromatic N) is 1. The fraction of sp³-hybridized carbons (Fsp3) is 0.0400. The molecule has 0 fully saturated rings. The van der Waals surface area contributed by atoms with Crippen LogP contribution >= 0.6 is 23.2 Å². The van der Waals surface area contributed by atoms with Crippen LogP contribution in [0.2, 0.25) is 10.0 Å². The van der Waals surface area contributed by atoms with Gasteiger partial charge in [-0.25, -0.2) is 9.59 Å². The molecule has 11 heteroatoms. The van der Waals surface area contributed by atoms with Gasteiger partial charge in [-0.05, 0) is 35.9 Å². The number of para-hydroxylation sites is 2. The van der Waals surface area contributed by atoms with Crippen LogP contribution in [0.5, 0.6) is 11.5 Å². The van der Waals surface area contributed by atoms with Crippen molar-refractivity contribution in [3.8, 4) is 11.5 Å². The first-order chi connectivity index (χ1) is 17.2. The van der Waals surface area contributed by atoms with Crippen molar-refractivity contribution in [2.75, 3.05) is 0 Å². The Morgan fingerprint density at radius 2 is 1.25 bits per heavy atom. The van der Waals surface area contributed by atoms with Gasteiger partial charge in [-0.1, -0.05) is 47.5 Å². The number of aromatic hydroxyl groups is 2. The molecule has 9 nitrogen and oxygen atoms in total. The van der Waals surface area contributed by atoms with Crippen molar-refractivity contribution in [2.24, 2.45) is 0 Å². The summed E-state index contributed by atoms with van der Waals surface area (Å²) < 4.78 is 10.7. The highest BCUT2D eigenvalue weighted by atomic mass is 35.5. The lowest BCUT2D eigenvalue weighted by Crippen LogP contribution is -2.21. The van der Waals surface area contributed by atoms with Crippen LogP contribution in [0, 0.1) is 10.1 Å². The van der Waals surface area contributed by atoms with Gasteiger partial charge in [-0.2, -0.15) is 0 Å². The molecule has 0 aliphatic rings.